The number of carbonyl (C=O) groups excluding carboxylic acids is 2. The van der Waals surface area contributed by atoms with Crippen molar-refractivity contribution >= 4 is 27.6 Å². The van der Waals surface area contributed by atoms with Crippen LogP contribution in [0.15, 0.2) is 108 Å². The Hall–Kier alpha value is -4.58. The van der Waals surface area contributed by atoms with E-state index in [0.29, 0.717) is 5.56 Å². The molecule has 9 nitrogen and oxygen atoms in total. The summed E-state index contributed by atoms with van der Waals surface area (Å²) in [5, 5.41) is 0. The average molecular weight is 660 g/mol. The lowest BCUT2D eigenvalue weighted by Gasteiger charge is -2.32. The largest absolute Gasteiger partial charge is 0.465 e. The Kier molecular flexibility index (Phi) is 10.7. The van der Waals surface area contributed by atoms with E-state index in [2.05, 4.69) is 4.72 Å². The number of nitrogens with zero attached hydrogens (tertiary/aromatic N) is 2. The smallest absolute Gasteiger partial charge is 0.325 e. The molecule has 0 saturated carbocycles. The Labute approximate surface area is 275 Å². The minimum absolute atomic E-state index is 0.0517. The van der Waals surface area contributed by atoms with Crippen LogP contribution in [0.5, 0.6) is 0 Å². The molecule has 0 aliphatic carbocycles. The maximum absolute atomic E-state index is 14.9. The number of ether oxygens (including phenoxy) is 2. The first-order chi connectivity index (χ1) is 22.6. The van der Waals surface area contributed by atoms with Gasteiger partial charge in [-0.1, -0.05) is 78.4 Å². The highest BCUT2D eigenvalue weighted by Gasteiger charge is 2.53. The van der Waals surface area contributed by atoms with Crippen molar-refractivity contribution in [2.24, 2.45) is 0 Å². The molecule has 5 rings (SSSR count). The van der Waals surface area contributed by atoms with Gasteiger partial charge in [-0.2, -0.15) is 0 Å². The van der Waals surface area contributed by atoms with Crippen LogP contribution >= 0.6 is 0 Å². The molecule has 4 aromatic rings. The molecule has 1 aliphatic rings. The summed E-state index contributed by atoms with van der Waals surface area (Å²) in [5.41, 5.74) is 2.88. The Balaban J connectivity index is 1.66. The van der Waals surface area contributed by atoms with Crippen molar-refractivity contribution in [1.29, 1.82) is 0 Å². The summed E-state index contributed by atoms with van der Waals surface area (Å²) in [4.78, 5) is 30.8. The average Bonchev–Trinajstić information content (AvgIpc) is 3.36. The number of anilines is 1. The molecule has 1 saturated heterocycles. The maximum atomic E-state index is 14.9. The van der Waals surface area contributed by atoms with Crippen molar-refractivity contribution in [3.05, 3.63) is 131 Å². The van der Waals surface area contributed by atoms with Gasteiger partial charge in [0, 0.05) is 6.54 Å². The number of rotatable bonds is 12. The maximum Gasteiger partial charge on any atom is 0.325 e. The predicted octanol–water partition coefficient (Wildman–Crippen LogP) is 5.99. The van der Waals surface area contributed by atoms with E-state index in [1.807, 2.05) is 77.4 Å². The SMILES string of the molecule is CCOC(=O)CN1[C@@H](c2ccccc2)N(Cc2cc(F)ccc2NS(=O)(=O)c2ccc(C)cc2)[C@@H](C(=O)OCC)[C@H]1c1ccccc1. The van der Waals surface area contributed by atoms with Crippen LogP contribution in [-0.4, -0.2) is 56.0 Å². The first kappa shape index (κ1) is 33.8. The highest BCUT2D eigenvalue weighted by atomic mass is 32.2. The molecule has 246 valence electrons. The van der Waals surface area contributed by atoms with Gasteiger partial charge in [-0.05, 0) is 67.8 Å². The van der Waals surface area contributed by atoms with Crippen LogP contribution in [-0.2, 0) is 35.6 Å². The number of hydrogen-bond donors (Lipinski definition) is 1. The zero-order valence-corrected chi connectivity index (χ0v) is 27.3. The van der Waals surface area contributed by atoms with Gasteiger partial charge >= 0.3 is 11.9 Å². The molecule has 0 aromatic heterocycles. The van der Waals surface area contributed by atoms with E-state index in [9.17, 15) is 22.4 Å². The third-order valence-electron chi connectivity index (χ3n) is 8.02. The van der Waals surface area contributed by atoms with E-state index in [1.165, 1.54) is 30.3 Å². The van der Waals surface area contributed by atoms with E-state index < -0.39 is 46.0 Å². The Morgan fingerprint density at radius 2 is 1.43 bits per heavy atom. The molecule has 1 heterocycles. The van der Waals surface area contributed by atoms with E-state index >= 15 is 0 Å². The van der Waals surface area contributed by atoms with Crippen LogP contribution < -0.4 is 4.72 Å². The Bertz CT molecular complexity index is 1790. The molecule has 4 aromatic carbocycles. The minimum Gasteiger partial charge on any atom is -0.465 e. The number of hydrogen-bond acceptors (Lipinski definition) is 8. The molecular weight excluding hydrogens is 621 g/mol. The second kappa shape index (κ2) is 14.9. The molecule has 0 unspecified atom stereocenters. The van der Waals surface area contributed by atoms with Crippen molar-refractivity contribution < 1.29 is 31.9 Å². The van der Waals surface area contributed by atoms with Gasteiger partial charge in [0.25, 0.3) is 10.0 Å². The second-order valence-corrected chi connectivity index (χ2v) is 12.9. The molecule has 3 atom stereocenters. The van der Waals surface area contributed by atoms with E-state index in [1.54, 1.807) is 26.0 Å². The van der Waals surface area contributed by atoms with Gasteiger partial charge in [-0.15, -0.1) is 0 Å². The van der Waals surface area contributed by atoms with Gasteiger partial charge in [0.15, 0.2) is 0 Å². The highest BCUT2D eigenvalue weighted by molar-refractivity contribution is 7.92. The molecule has 0 amide bonds. The van der Waals surface area contributed by atoms with E-state index in [0.717, 1.165) is 16.7 Å². The van der Waals surface area contributed by atoms with Crippen LogP contribution in [0.4, 0.5) is 10.1 Å². The Morgan fingerprint density at radius 1 is 0.809 bits per heavy atom. The van der Waals surface area contributed by atoms with Gasteiger partial charge in [-0.25, -0.2) is 12.8 Å². The molecule has 47 heavy (non-hydrogen) atoms. The van der Waals surface area contributed by atoms with Crippen LogP contribution in [0.1, 0.15) is 48.3 Å². The van der Waals surface area contributed by atoms with Gasteiger partial charge in [-0.3, -0.25) is 24.1 Å². The topological polar surface area (TPSA) is 105 Å². The fraction of sp³-hybridized carbons (Fsp3) is 0.278. The third-order valence-corrected chi connectivity index (χ3v) is 9.40. The summed E-state index contributed by atoms with van der Waals surface area (Å²) in [5.74, 6) is -1.59. The molecule has 0 radical (unpaired) electrons. The lowest BCUT2D eigenvalue weighted by Crippen LogP contribution is -2.41. The molecular formula is C36H38FN3O6S. The summed E-state index contributed by atoms with van der Waals surface area (Å²) < 4.78 is 55.5. The standard InChI is InChI=1S/C36H38FN3O6S/c1-4-45-32(41)24-40-33(26-12-8-6-9-13-26)34(36(42)46-5-2)39(35(40)27-14-10-7-11-15-27)23-28-22-29(37)18-21-31(28)38-47(43,44)30-19-16-25(3)17-20-30/h6-22,33-35,38H,4-5,23-24H2,1-3H3/t33-,34-,35+/m1/s1. The molecule has 0 bridgehead atoms. The lowest BCUT2D eigenvalue weighted by atomic mass is 9.98. The Morgan fingerprint density at radius 3 is 2.04 bits per heavy atom. The third kappa shape index (κ3) is 7.70. The van der Waals surface area contributed by atoms with Crippen LogP contribution in [0.2, 0.25) is 0 Å². The fourth-order valence-corrected chi connectivity index (χ4v) is 7.12. The van der Waals surface area contributed by atoms with Crippen molar-refractivity contribution in [2.45, 2.75) is 50.5 Å². The molecule has 1 aliphatic heterocycles. The second-order valence-electron chi connectivity index (χ2n) is 11.2. The monoisotopic (exact) mass is 659 g/mol. The van der Waals surface area contributed by atoms with Crippen LogP contribution in [0.25, 0.3) is 0 Å². The number of sulfonamides is 1. The molecule has 1 fully saturated rings. The number of aryl methyl sites for hydroxylation is 1. The summed E-state index contributed by atoms with van der Waals surface area (Å²) in [6.07, 6.45) is -0.690. The van der Waals surface area contributed by atoms with E-state index in [4.69, 9.17) is 9.47 Å². The zero-order chi connectivity index (χ0) is 33.6. The number of esters is 2. The normalized spacial score (nSPS) is 18.5. The van der Waals surface area contributed by atoms with Gasteiger partial charge in [0.1, 0.15) is 11.9 Å². The van der Waals surface area contributed by atoms with Gasteiger partial charge in [0.2, 0.25) is 0 Å². The van der Waals surface area contributed by atoms with Gasteiger partial charge < -0.3 is 9.47 Å². The fourth-order valence-electron chi connectivity index (χ4n) is 6.02. The van der Waals surface area contributed by atoms with Crippen molar-refractivity contribution in [3.8, 4) is 0 Å². The minimum atomic E-state index is -4.04. The number of benzene rings is 4. The van der Waals surface area contributed by atoms with E-state index in [-0.39, 0.29) is 36.9 Å². The summed E-state index contributed by atoms with van der Waals surface area (Å²) in [7, 11) is -4.04. The summed E-state index contributed by atoms with van der Waals surface area (Å²) >= 11 is 0. The first-order valence-electron chi connectivity index (χ1n) is 15.4. The highest BCUT2D eigenvalue weighted by Crippen LogP contribution is 2.47. The van der Waals surface area contributed by atoms with Crippen molar-refractivity contribution in [1.82, 2.24) is 9.80 Å². The number of nitrogens with one attached hydrogen (secondary N) is 1. The molecule has 1 N–H and O–H groups in total. The van der Waals surface area contributed by atoms with Gasteiger partial charge in [0.05, 0.1) is 42.5 Å². The predicted molar refractivity (Wildman–Crippen MR) is 176 cm³/mol. The van der Waals surface area contributed by atoms with Crippen molar-refractivity contribution in [3.63, 3.8) is 0 Å². The lowest BCUT2D eigenvalue weighted by molar-refractivity contribution is -0.150. The van der Waals surface area contributed by atoms with Crippen molar-refractivity contribution in [2.75, 3.05) is 24.5 Å². The van der Waals surface area contributed by atoms with Crippen LogP contribution in [0, 0.1) is 12.7 Å². The molecule has 0 spiro atoms. The zero-order valence-electron chi connectivity index (χ0n) is 26.5. The summed E-state index contributed by atoms with van der Waals surface area (Å²) in [6, 6.07) is 27.2. The number of halogens is 1. The van der Waals surface area contributed by atoms with Crippen LogP contribution in [0.3, 0.4) is 0 Å². The molecule has 11 heteroatoms. The summed E-state index contributed by atoms with van der Waals surface area (Å²) in [6.45, 7) is 5.35. The first-order valence-corrected chi connectivity index (χ1v) is 16.9. The number of carbonyl (C=O) groups is 2. The quantitative estimate of drug-likeness (QED) is 0.185.